The van der Waals surface area contributed by atoms with Gasteiger partial charge < -0.3 is 4.98 Å². The number of hydrogen-bond donors (Lipinski definition) is 2. The lowest BCUT2D eigenvalue weighted by Gasteiger charge is -2.04. The van der Waals surface area contributed by atoms with E-state index in [4.69, 9.17) is 0 Å². The first kappa shape index (κ1) is 12.7. The van der Waals surface area contributed by atoms with Crippen molar-refractivity contribution in [3.05, 3.63) is 60.6 Å². The number of nitrogens with one attached hydrogen (secondary N) is 2. The van der Waals surface area contributed by atoms with Gasteiger partial charge in [0.2, 0.25) is 0 Å². The summed E-state index contributed by atoms with van der Waals surface area (Å²) in [5.41, 5.74) is 3.59. The third-order valence-electron chi connectivity index (χ3n) is 3.56. The molecule has 0 aliphatic carbocycles. The van der Waals surface area contributed by atoms with Crippen LogP contribution in [-0.2, 0) is 0 Å². The van der Waals surface area contributed by atoms with Crippen LogP contribution in [0, 0.1) is 11.6 Å². The van der Waals surface area contributed by atoms with Crippen molar-refractivity contribution in [3.63, 3.8) is 0 Å². The Morgan fingerprint density at radius 2 is 1.77 bits per heavy atom. The largest absolute Gasteiger partial charge is 0.344 e. The van der Waals surface area contributed by atoms with Crippen molar-refractivity contribution >= 4 is 10.9 Å². The molecule has 0 bridgehead atoms. The zero-order valence-corrected chi connectivity index (χ0v) is 11.3. The Bertz CT molecular complexity index is 971. The van der Waals surface area contributed by atoms with Crippen molar-refractivity contribution in [2.75, 3.05) is 0 Å². The van der Waals surface area contributed by atoms with Crippen LogP contribution in [0.1, 0.15) is 0 Å². The van der Waals surface area contributed by atoms with Gasteiger partial charge in [-0.3, -0.25) is 5.10 Å². The highest BCUT2D eigenvalue weighted by molar-refractivity contribution is 5.86. The Morgan fingerprint density at radius 3 is 2.64 bits per heavy atom. The van der Waals surface area contributed by atoms with Crippen LogP contribution < -0.4 is 0 Å². The number of aromatic nitrogens is 4. The molecule has 22 heavy (non-hydrogen) atoms. The lowest BCUT2D eigenvalue weighted by atomic mass is 10.0. The van der Waals surface area contributed by atoms with E-state index in [1.54, 1.807) is 6.20 Å². The van der Waals surface area contributed by atoms with Gasteiger partial charge >= 0.3 is 0 Å². The molecule has 2 aromatic heterocycles. The van der Waals surface area contributed by atoms with Gasteiger partial charge in [-0.05, 0) is 24.3 Å². The van der Waals surface area contributed by atoms with Crippen LogP contribution in [0.5, 0.6) is 0 Å². The molecule has 0 radical (unpaired) electrons. The second-order valence-electron chi connectivity index (χ2n) is 4.93. The summed E-state index contributed by atoms with van der Waals surface area (Å²) in [6.45, 7) is 0. The van der Waals surface area contributed by atoms with Gasteiger partial charge in [-0.2, -0.15) is 5.10 Å². The quantitative estimate of drug-likeness (QED) is 0.589. The van der Waals surface area contributed by atoms with Gasteiger partial charge in [0.1, 0.15) is 0 Å². The van der Waals surface area contributed by atoms with E-state index in [1.807, 2.05) is 18.2 Å². The van der Waals surface area contributed by atoms with Gasteiger partial charge in [0.05, 0.1) is 29.4 Å². The molecule has 0 atom stereocenters. The van der Waals surface area contributed by atoms with Gasteiger partial charge in [0, 0.05) is 16.5 Å². The smallest absolute Gasteiger partial charge is 0.159 e. The first-order chi connectivity index (χ1) is 10.7. The molecule has 0 saturated heterocycles. The number of hydrogen-bond acceptors (Lipinski definition) is 2. The van der Waals surface area contributed by atoms with Crippen LogP contribution in [0.15, 0.2) is 48.9 Å². The SMILES string of the molecule is Fc1ccc(-c2nc[nH]c2-c2ccc3cn[nH]c3c2)cc1F. The number of benzene rings is 2. The minimum atomic E-state index is -0.893. The molecular weight excluding hydrogens is 286 g/mol. The predicted octanol–water partition coefficient (Wildman–Crippen LogP) is 3.90. The van der Waals surface area contributed by atoms with Crippen LogP contribution in [0.25, 0.3) is 33.4 Å². The Kier molecular flexibility index (Phi) is 2.75. The maximum absolute atomic E-state index is 13.4. The molecule has 0 amide bonds. The first-order valence-electron chi connectivity index (χ1n) is 6.64. The summed E-state index contributed by atoms with van der Waals surface area (Å²) in [7, 11) is 0. The molecular formula is C16H10F2N4. The van der Waals surface area contributed by atoms with E-state index in [-0.39, 0.29) is 0 Å². The molecule has 4 rings (SSSR count). The summed E-state index contributed by atoms with van der Waals surface area (Å²) in [5, 5.41) is 7.89. The number of aromatic amines is 2. The molecule has 0 saturated carbocycles. The highest BCUT2D eigenvalue weighted by Gasteiger charge is 2.13. The Labute approximate surface area is 123 Å². The lowest BCUT2D eigenvalue weighted by Crippen LogP contribution is -1.88. The monoisotopic (exact) mass is 296 g/mol. The van der Waals surface area contributed by atoms with Crippen molar-refractivity contribution in [1.82, 2.24) is 20.2 Å². The Morgan fingerprint density at radius 1 is 0.909 bits per heavy atom. The van der Waals surface area contributed by atoms with E-state index in [0.29, 0.717) is 11.3 Å². The van der Waals surface area contributed by atoms with Crippen molar-refractivity contribution < 1.29 is 8.78 Å². The highest BCUT2D eigenvalue weighted by atomic mass is 19.2. The summed E-state index contributed by atoms with van der Waals surface area (Å²) in [5.74, 6) is -1.77. The van der Waals surface area contributed by atoms with E-state index in [0.717, 1.165) is 34.3 Å². The molecule has 0 aliphatic rings. The third-order valence-corrected chi connectivity index (χ3v) is 3.56. The third kappa shape index (κ3) is 1.96. The minimum absolute atomic E-state index is 0.514. The van der Waals surface area contributed by atoms with Crippen molar-refractivity contribution in [2.45, 2.75) is 0 Å². The van der Waals surface area contributed by atoms with E-state index >= 15 is 0 Å². The summed E-state index contributed by atoms with van der Waals surface area (Å²) in [4.78, 5) is 7.28. The highest BCUT2D eigenvalue weighted by Crippen LogP contribution is 2.31. The Hall–Kier alpha value is -3.02. The summed E-state index contributed by atoms with van der Waals surface area (Å²) in [6, 6.07) is 9.54. The van der Waals surface area contributed by atoms with Gasteiger partial charge in [0.15, 0.2) is 11.6 Å². The number of fused-ring (bicyclic) bond motifs is 1. The second-order valence-corrected chi connectivity index (χ2v) is 4.93. The molecule has 2 N–H and O–H groups in total. The standard InChI is InChI=1S/C16H10F2N4/c17-12-4-3-9(5-13(12)18)15-16(20-8-19-15)10-1-2-11-7-21-22-14(11)6-10/h1-8H,(H,19,20)(H,21,22). The van der Waals surface area contributed by atoms with Crippen LogP contribution >= 0.6 is 0 Å². The Balaban J connectivity index is 1.86. The molecule has 6 heteroatoms. The van der Waals surface area contributed by atoms with Gasteiger partial charge in [-0.15, -0.1) is 0 Å². The van der Waals surface area contributed by atoms with Gasteiger partial charge in [-0.1, -0.05) is 12.1 Å². The fraction of sp³-hybridized carbons (Fsp3) is 0. The summed E-state index contributed by atoms with van der Waals surface area (Å²) >= 11 is 0. The number of halogens is 2. The van der Waals surface area contributed by atoms with E-state index in [2.05, 4.69) is 20.2 Å². The molecule has 0 spiro atoms. The summed E-state index contributed by atoms with van der Waals surface area (Å²) in [6.07, 6.45) is 3.27. The number of nitrogens with zero attached hydrogens (tertiary/aromatic N) is 2. The molecule has 0 unspecified atom stereocenters. The predicted molar refractivity (Wildman–Crippen MR) is 79.0 cm³/mol. The van der Waals surface area contributed by atoms with Gasteiger partial charge in [0.25, 0.3) is 0 Å². The molecule has 2 aromatic carbocycles. The molecule has 0 aliphatic heterocycles. The van der Waals surface area contributed by atoms with Crippen LogP contribution in [0.2, 0.25) is 0 Å². The van der Waals surface area contributed by atoms with Crippen LogP contribution in [0.4, 0.5) is 8.78 Å². The lowest BCUT2D eigenvalue weighted by molar-refractivity contribution is 0.509. The zero-order valence-electron chi connectivity index (χ0n) is 11.3. The van der Waals surface area contributed by atoms with E-state index < -0.39 is 11.6 Å². The van der Waals surface area contributed by atoms with Crippen LogP contribution in [-0.4, -0.2) is 20.2 Å². The molecule has 4 aromatic rings. The number of imidazole rings is 1. The maximum atomic E-state index is 13.4. The summed E-state index contributed by atoms with van der Waals surface area (Å²) < 4.78 is 26.5. The fourth-order valence-corrected chi connectivity index (χ4v) is 2.47. The average molecular weight is 296 g/mol. The first-order valence-corrected chi connectivity index (χ1v) is 6.64. The molecule has 2 heterocycles. The molecule has 0 fully saturated rings. The number of rotatable bonds is 2. The van der Waals surface area contributed by atoms with Crippen molar-refractivity contribution in [2.24, 2.45) is 0 Å². The normalized spacial score (nSPS) is 11.2. The topological polar surface area (TPSA) is 57.4 Å². The minimum Gasteiger partial charge on any atom is -0.344 e. The fourth-order valence-electron chi connectivity index (χ4n) is 2.47. The second kappa shape index (κ2) is 4.77. The molecule has 108 valence electrons. The maximum Gasteiger partial charge on any atom is 0.159 e. The number of H-pyrrole nitrogens is 2. The van der Waals surface area contributed by atoms with Crippen molar-refractivity contribution in [1.29, 1.82) is 0 Å². The van der Waals surface area contributed by atoms with E-state index in [1.165, 1.54) is 12.4 Å². The van der Waals surface area contributed by atoms with E-state index in [9.17, 15) is 8.78 Å². The van der Waals surface area contributed by atoms with Gasteiger partial charge in [-0.25, -0.2) is 13.8 Å². The van der Waals surface area contributed by atoms with Crippen molar-refractivity contribution in [3.8, 4) is 22.5 Å². The van der Waals surface area contributed by atoms with Crippen LogP contribution in [0.3, 0.4) is 0 Å². The zero-order chi connectivity index (χ0) is 15.1. The molecule has 4 nitrogen and oxygen atoms in total. The average Bonchev–Trinajstić information content (AvgIpc) is 3.17.